The molecule has 1 saturated heterocycles. The van der Waals surface area contributed by atoms with E-state index in [0.717, 1.165) is 15.7 Å². The number of methoxy groups -OCH3 is 1. The van der Waals surface area contributed by atoms with Crippen LogP contribution in [0.15, 0.2) is 60.7 Å². The first-order valence-corrected chi connectivity index (χ1v) is 9.97. The highest BCUT2D eigenvalue weighted by atomic mass is 35.5. The zero-order chi connectivity index (χ0) is 22.2. The molecule has 1 aliphatic heterocycles. The largest absolute Gasteiger partial charge is 0.495 e. The maximum Gasteiger partial charge on any atom is 0.325 e. The molecule has 158 valence electrons. The van der Waals surface area contributed by atoms with Crippen LogP contribution in [0.5, 0.6) is 5.75 Å². The summed E-state index contributed by atoms with van der Waals surface area (Å²) in [4.78, 5) is 39.4. The van der Waals surface area contributed by atoms with E-state index < -0.39 is 29.9 Å². The van der Waals surface area contributed by atoms with Crippen molar-refractivity contribution in [2.24, 2.45) is 0 Å². The molecule has 4 amide bonds. The number of amides is 4. The van der Waals surface area contributed by atoms with Gasteiger partial charge in [0, 0.05) is 5.02 Å². The molecular formula is C23H20ClN3O4. The molecule has 0 spiro atoms. The summed E-state index contributed by atoms with van der Waals surface area (Å²) in [5.74, 6) is -0.635. The van der Waals surface area contributed by atoms with Crippen LogP contribution >= 0.6 is 11.6 Å². The molecule has 1 unspecified atom stereocenters. The second-order valence-corrected chi connectivity index (χ2v) is 7.80. The van der Waals surface area contributed by atoms with Crippen molar-refractivity contribution < 1.29 is 19.1 Å². The maximum absolute atomic E-state index is 13.3. The van der Waals surface area contributed by atoms with E-state index >= 15 is 0 Å². The molecule has 1 atom stereocenters. The summed E-state index contributed by atoms with van der Waals surface area (Å²) in [5.41, 5.74) is -0.265. The Morgan fingerprint density at radius 3 is 2.65 bits per heavy atom. The van der Waals surface area contributed by atoms with Crippen LogP contribution in [0, 0.1) is 0 Å². The number of rotatable bonds is 5. The molecule has 0 aromatic heterocycles. The van der Waals surface area contributed by atoms with E-state index in [1.165, 1.54) is 13.2 Å². The van der Waals surface area contributed by atoms with Gasteiger partial charge in [-0.15, -0.1) is 0 Å². The maximum atomic E-state index is 13.3. The SMILES string of the molecule is COc1ccc(Cl)cc1NC(=O)CN1C(=O)NC(C)(c2cccc3ccccc23)C1=O. The molecule has 31 heavy (non-hydrogen) atoms. The number of imide groups is 1. The van der Waals surface area contributed by atoms with Gasteiger partial charge in [-0.05, 0) is 41.5 Å². The first-order valence-electron chi connectivity index (χ1n) is 9.59. The number of carbonyl (C=O) groups is 3. The van der Waals surface area contributed by atoms with E-state index in [2.05, 4.69) is 10.6 Å². The summed E-state index contributed by atoms with van der Waals surface area (Å²) in [6, 6.07) is 17.3. The van der Waals surface area contributed by atoms with Crippen LogP contribution in [0.3, 0.4) is 0 Å². The number of halogens is 1. The fourth-order valence-electron chi connectivity index (χ4n) is 3.80. The van der Waals surface area contributed by atoms with Crippen molar-refractivity contribution in [2.75, 3.05) is 19.0 Å². The summed E-state index contributed by atoms with van der Waals surface area (Å²) in [5, 5.41) is 7.62. The minimum atomic E-state index is -1.29. The quantitative estimate of drug-likeness (QED) is 0.592. The molecule has 0 bridgehead atoms. The smallest absolute Gasteiger partial charge is 0.325 e. The summed E-state index contributed by atoms with van der Waals surface area (Å²) in [7, 11) is 1.46. The van der Waals surface area contributed by atoms with Gasteiger partial charge < -0.3 is 15.4 Å². The molecule has 1 heterocycles. The fraction of sp³-hybridized carbons (Fsp3) is 0.174. The normalized spacial score (nSPS) is 18.2. The summed E-state index contributed by atoms with van der Waals surface area (Å²) in [6.07, 6.45) is 0. The van der Waals surface area contributed by atoms with Crippen LogP contribution in [-0.4, -0.2) is 36.4 Å². The predicted octanol–water partition coefficient (Wildman–Crippen LogP) is 3.91. The Morgan fingerprint density at radius 1 is 1.13 bits per heavy atom. The number of ether oxygens (including phenoxy) is 1. The van der Waals surface area contributed by atoms with Crippen LogP contribution in [-0.2, 0) is 15.1 Å². The molecule has 3 aromatic carbocycles. The molecule has 3 aromatic rings. The lowest BCUT2D eigenvalue weighted by Gasteiger charge is -2.24. The Balaban J connectivity index is 1.59. The van der Waals surface area contributed by atoms with Gasteiger partial charge in [0.05, 0.1) is 12.8 Å². The first-order chi connectivity index (χ1) is 14.8. The highest BCUT2D eigenvalue weighted by Crippen LogP contribution is 2.34. The number of benzene rings is 3. The lowest BCUT2D eigenvalue weighted by atomic mass is 9.88. The van der Waals surface area contributed by atoms with Gasteiger partial charge in [0.2, 0.25) is 5.91 Å². The van der Waals surface area contributed by atoms with Crippen molar-refractivity contribution in [3.63, 3.8) is 0 Å². The molecule has 0 radical (unpaired) electrons. The Morgan fingerprint density at radius 2 is 1.87 bits per heavy atom. The number of hydrogen-bond donors (Lipinski definition) is 2. The first kappa shape index (κ1) is 20.7. The highest BCUT2D eigenvalue weighted by molar-refractivity contribution is 6.31. The number of hydrogen-bond acceptors (Lipinski definition) is 4. The molecule has 8 heteroatoms. The third-order valence-corrected chi connectivity index (χ3v) is 5.58. The minimum absolute atomic E-state index is 0.351. The fourth-order valence-corrected chi connectivity index (χ4v) is 3.97. The van der Waals surface area contributed by atoms with E-state index in [0.29, 0.717) is 22.0 Å². The topological polar surface area (TPSA) is 87.7 Å². The van der Waals surface area contributed by atoms with Gasteiger partial charge in [-0.2, -0.15) is 0 Å². The number of nitrogens with one attached hydrogen (secondary N) is 2. The van der Waals surface area contributed by atoms with Crippen molar-refractivity contribution in [1.29, 1.82) is 0 Å². The number of urea groups is 1. The van der Waals surface area contributed by atoms with Crippen LogP contribution < -0.4 is 15.4 Å². The Kier molecular flexibility index (Phi) is 5.29. The number of nitrogens with zero attached hydrogens (tertiary/aromatic N) is 1. The van der Waals surface area contributed by atoms with E-state index in [-0.39, 0.29) is 0 Å². The van der Waals surface area contributed by atoms with Gasteiger partial charge in [0.1, 0.15) is 17.8 Å². The lowest BCUT2D eigenvalue weighted by Crippen LogP contribution is -2.42. The van der Waals surface area contributed by atoms with Crippen molar-refractivity contribution in [3.05, 3.63) is 71.2 Å². The van der Waals surface area contributed by atoms with Crippen LogP contribution in [0.4, 0.5) is 10.5 Å². The molecule has 1 fully saturated rings. The molecule has 4 rings (SSSR count). The van der Waals surface area contributed by atoms with Crippen LogP contribution in [0.25, 0.3) is 10.8 Å². The van der Waals surface area contributed by atoms with E-state index in [9.17, 15) is 14.4 Å². The van der Waals surface area contributed by atoms with Crippen LogP contribution in [0.1, 0.15) is 12.5 Å². The standard InChI is InChI=1S/C23H20ClN3O4/c1-23(17-9-5-7-14-6-3-4-8-16(14)17)21(29)27(22(30)26-23)13-20(28)25-18-12-15(24)10-11-19(18)31-2/h3-12H,13H2,1-2H3,(H,25,28)(H,26,30). The van der Waals surface area contributed by atoms with Gasteiger partial charge in [0.25, 0.3) is 5.91 Å². The van der Waals surface area contributed by atoms with Crippen molar-refractivity contribution in [2.45, 2.75) is 12.5 Å². The molecule has 1 aliphatic rings. The second kappa shape index (κ2) is 7.92. The van der Waals surface area contributed by atoms with Gasteiger partial charge >= 0.3 is 6.03 Å². The van der Waals surface area contributed by atoms with E-state index in [4.69, 9.17) is 16.3 Å². The lowest BCUT2D eigenvalue weighted by molar-refractivity contribution is -0.133. The highest BCUT2D eigenvalue weighted by Gasteiger charge is 2.50. The second-order valence-electron chi connectivity index (χ2n) is 7.37. The summed E-state index contributed by atoms with van der Waals surface area (Å²) >= 11 is 5.99. The van der Waals surface area contributed by atoms with Gasteiger partial charge in [-0.25, -0.2) is 4.79 Å². The molecule has 0 aliphatic carbocycles. The molecular weight excluding hydrogens is 418 g/mol. The average Bonchev–Trinajstić information content (AvgIpc) is 2.97. The van der Waals surface area contributed by atoms with E-state index in [1.54, 1.807) is 25.1 Å². The van der Waals surface area contributed by atoms with Gasteiger partial charge in [-0.1, -0.05) is 54.1 Å². The third-order valence-electron chi connectivity index (χ3n) is 5.34. The molecule has 2 N–H and O–H groups in total. The zero-order valence-corrected chi connectivity index (χ0v) is 17.7. The zero-order valence-electron chi connectivity index (χ0n) is 16.9. The Bertz CT molecular complexity index is 1210. The Hall–Kier alpha value is -3.58. The van der Waals surface area contributed by atoms with Crippen molar-refractivity contribution in [3.8, 4) is 5.75 Å². The monoisotopic (exact) mass is 437 g/mol. The summed E-state index contributed by atoms with van der Waals surface area (Å²) in [6.45, 7) is 1.20. The molecule has 7 nitrogen and oxygen atoms in total. The van der Waals surface area contributed by atoms with Gasteiger partial charge in [-0.3, -0.25) is 14.5 Å². The molecule has 0 saturated carbocycles. The van der Waals surface area contributed by atoms with Gasteiger partial charge in [0.15, 0.2) is 0 Å². The predicted molar refractivity (Wildman–Crippen MR) is 118 cm³/mol. The third kappa shape index (κ3) is 3.68. The number of anilines is 1. The summed E-state index contributed by atoms with van der Waals surface area (Å²) < 4.78 is 5.21. The Labute approximate surface area is 183 Å². The van der Waals surface area contributed by atoms with E-state index in [1.807, 2.05) is 36.4 Å². The number of fused-ring (bicyclic) bond motifs is 1. The van der Waals surface area contributed by atoms with Crippen LogP contribution in [0.2, 0.25) is 5.02 Å². The average molecular weight is 438 g/mol. The van der Waals surface area contributed by atoms with Crippen molar-refractivity contribution in [1.82, 2.24) is 10.2 Å². The van der Waals surface area contributed by atoms with Crippen molar-refractivity contribution >= 4 is 45.9 Å². The minimum Gasteiger partial charge on any atom is -0.495 e. The number of carbonyl (C=O) groups excluding carboxylic acids is 3.